The van der Waals surface area contributed by atoms with Gasteiger partial charge in [0.1, 0.15) is 6.10 Å². The zero-order valence-corrected chi connectivity index (χ0v) is 34.5. The van der Waals surface area contributed by atoms with E-state index in [0.29, 0.717) is 19.3 Å². The molecule has 0 aromatic carbocycles. The number of carbonyl (C=O) groups is 2. The lowest BCUT2D eigenvalue weighted by atomic mass is 10.0. The molecule has 1 amide bonds. The molecule has 0 bridgehead atoms. The van der Waals surface area contributed by atoms with Crippen LogP contribution in [0.3, 0.4) is 0 Å². The van der Waals surface area contributed by atoms with Crippen molar-refractivity contribution in [3.63, 3.8) is 0 Å². The molecule has 0 aromatic rings. The van der Waals surface area contributed by atoms with Crippen LogP contribution in [0.1, 0.15) is 252 Å². The lowest BCUT2D eigenvalue weighted by Crippen LogP contribution is -2.46. The number of hydrogen-bond acceptors (Lipinski definition) is 5. The monoisotopic (exact) mass is 724 g/mol. The summed E-state index contributed by atoms with van der Waals surface area (Å²) >= 11 is 0. The van der Waals surface area contributed by atoms with Crippen LogP contribution in [0.15, 0.2) is 0 Å². The van der Waals surface area contributed by atoms with Gasteiger partial charge in [0.25, 0.3) is 0 Å². The van der Waals surface area contributed by atoms with E-state index in [4.69, 9.17) is 4.74 Å². The fourth-order valence-corrected chi connectivity index (χ4v) is 7.20. The summed E-state index contributed by atoms with van der Waals surface area (Å²) in [5, 5.41) is 23.6. The largest absolute Gasteiger partial charge is 0.462 e. The minimum atomic E-state index is -0.776. The second-order valence-electron chi connectivity index (χ2n) is 15.8. The first-order chi connectivity index (χ1) is 25.0. The average Bonchev–Trinajstić information content (AvgIpc) is 3.12. The Morgan fingerprint density at radius 3 is 1.20 bits per heavy atom. The molecular formula is C45H89NO5. The number of unbranched alkanes of at least 4 members (excludes halogenated alkanes) is 29. The Morgan fingerprint density at radius 2 is 0.824 bits per heavy atom. The predicted octanol–water partition coefficient (Wildman–Crippen LogP) is 12.8. The van der Waals surface area contributed by atoms with Crippen molar-refractivity contribution in [2.24, 2.45) is 0 Å². The van der Waals surface area contributed by atoms with Crippen LogP contribution in [0.4, 0.5) is 0 Å². The lowest BCUT2D eigenvalue weighted by molar-refractivity contribution is -0.151. The van der Waals surface area contributed by atoms with Crippen molar-refractivity contribution in [1.82, 2.24) is 5.32 Å². The number of aliphatic hydroxyl groups is 2. The smallest absolute Gasteiger partial charge is 0.306 e. The highest BCUT2D eigenvalue weighted by molar-refractivity contribution is 5.77. The van der Waals surface area contributed by atoms with Gasteiger partial charge in [-0.25, -0.2) is 0 Å². The van der Waals surface area contributed by atoms with Crippen LogP contribution in [0.5, 0.6) is 0 Å². The third-order valence-corrected chi connectivity index (χ3v) is 10.7. The first kappa shape index (κ1) is 49.9. The van der Waals surface area contributed by atoms with Gasteiger partial charge in [-0.15, -0.1) is 0 Å². The van der Waals surface area contributed by atoms with E-state index in [1.165, 1.54) is 161 Å². The van der Waals surface area contributed by atoms with Crippen LogP contribution in [0.25, 0.3) is 0 Å². The Labute approximate surface area is 317 Å². The summed E-state index contributed by atoms with van der Waals surface area (Å²) in [6.45, 7) is 6.46. The van der Waals surface area contributed by atoms with Crippen molar-refractivity contribution >= 4 is 11.9 Å². The van der Waals surface area contributed by atoms with Gasteiger partial charge in [0.2, 0.25) is 5.91 Å². The second kappa shape index (κ2) is 40.1. The summed E-state index contributed by atoms with van der Waals surface area (Å²) in [7, 11) is 0. The molecule has 0 radical (unpaired) electrons. The van der Waals surface area contributed by atoms with Gasteiger partial charge in [-0.05, 0) is 25.7 Å². The topological polar surface area (TPSA) is 95.9 Å². The molecule has 0 fully saturated rings. The molecule has 6 heteroatoms. The van der Waals surface area contributed by atoms with Crippen molar-refractivity contribution in [1.29, 1.82) is 0 Å². The molecule has 0 saturated carbocycles. The highest BCUT2D eigenvalue weighted by Crippen LogP contribution is 2.18. The molecule has 3 unspecified atom stereocenters. The minimum absolute atomic E-state index is 0.0858. The van der Waals surface area contributed by atoms with Crippen LogP contribution in [-0.2, 0) is 14.3 Å². The van der Waals surface area contributed by atoms with Crippen LogP contribution in [0, 0.1) is 0 Å². The number of hydrogen-bond donors (Lipinski definition) is 3. The zero-order valence-electron chi connectivity index (χ0n) is 34.5. The van der Waals surface area contributed by atoms with Gasteiger partial charge in [-0.1, -0.05) is 213 Å². The molecule has 0 aliphatic carbocycles. The predicted molar refractivity (Wildman–Crippen MR) is 218 cm³/mol. The molecule has 51 heavy (non-hydrogen) atoms. The maximum absolute atomic E-state index is 13.1. The molecule has 0 saturated heterocycles. The van der Waals surface area contributed by atoms with Gasteiger partial charge in [0, 0.05) is 6.42 Å². The van der Waals surface area contributed by atoms with E-state index >= 15 is 0 Å². The van der Waals surface area contributed by atoms with E-state index < -0.39 is 18.2 Å². The molecule has 0 aromatic heterocycles. The molecule has 6 nitrogen and oxygen atoms in total. The van der Waals surface area contributed by atoms with Crippen molar-refractivity contribution < 1.29 is 24.5 Å². The zero-order chi connectivity index (χ0) is 37.5. The normalized spacial score (nSPS) is 13.3. The van der Waals surface area contributed by atoms with Gasteiger partial charge in [0.15, 0.2) is 0 Å². The number of ether oxygens (including phenoxy) is 1. The quantitative estimate of drug-likeness (QED) is 0.0431. The molecular weight excluding hydrogens is 634 g/mol. The maximum atomic E-state index is 13.1. The average molecular weight is 724 g/mol. The van der Waals surface area contributed by atoms with Gasteiger partial charge in [-0.2, -0.15) is 0 Å². The van der Waals surface area contributed by atoms with E-state index in [-0.39, 0.29) is 24.9 Å². The third-order valence-electron chi connectivity index (χ3n) is 10.7. The van der Waals surface area contributed by atoms with E-state index in [2.05, 4.69) is 26.1 Å². The fraction of sp³-hybridized carbons (Fsp3) is 0.956. The summed E-state index contributed by atoms with van der Waals surface area (Å²) in [5.41, 5.74) is 0. The number of aliphatic hydroxyl groups excluding tert-OH is 2. The Kier molecular flexibility index (Phi) is 39.2. The molecule has 0 heterocycles. The van der Waals surface area contributed by atoms with Crippen molar-refractivity contribution in [2.45, 2.75) is 270 Å². The van der Waals surface area contributed by atoms with Gasteiger partial charge in [-0.3, -0.25) is 9.59 Å². The number of esters is 1. The number of rotatable bonds is 41. The summed E-state index contributed by atoms with van der Waals surface area (Å²) in [6.07, 6.45) is 40.2. The fourth-order valence-electron chi connectivity index (χ4n) is 7.20. The highest BCUT2D eigenvalue weighted by Gasteiger charge is 2.24. The minimum Gasteiger partial charge on any atom is -0.462 e. The first-order valence-electron chi connectivity index (χ1n) is 22.8. The Balaban J connectivity index is 4.44. The standard InChI is InChI=1S/C45H89NO5/c1-4-7-10-13-16-19-21-22-24-25-28-31-34-37-43(48)42(40-47)46-44(49)39-41(36-33-30-27-18-15-12-9-6-3)51-45(50)38-35-32-29-26-23-20-17-14-11-8-5-2/h41-43,47-48H,4-40H2,1-3H3,(H,46,49). The van der Waals surface area contributed by atoms with E-state index in [1.807, 2.05) is 0 Å². The van der Waals surface area contributed by atoms with Crippen molar-refractivity contribution in [3.8, 4) is 0 Å². The van der Waals surface area contributed by atoms with Gasteiger partial charge >= 0.3 is 5.97 Å². The van der Waals surface area contributed by atoms with Crippen LogP contribution < -0.4 is 5.32 Å². The molecule has 304 valence electrons. The second-order valence-corrected chi connectivity index (χ2v) is 15.8. The number of amides is 1. The molecule has 0 aliphatic rings. The SMILES string of the molecule is CCCCCCCCCCCCCCCC(O)C(CO)NC(=O)CC(CCCCCCCCCC)OC(=O)CCCCCCCCCCCCC. The number of nitrogens with one attached hydrogen (secondary N) is 1. The van der Waals surface area contributed by atoms with Crippen LogP contribution in [0.2, 0.25) is 0 Å². The molecule has 0 aliphatic heterocycles. The summed E-state index contributed by atoms with van der Waals surface area (Å²) < 4.78 is 5.88. The molecule has 0 spiro atoms. The third kappa shape index (κ3) is 35.6. The summed E-state index contributed by atoms with van der Waals surface area (Å²) in [4.78, 5) is 25.9. The lowest BCUT2D eigenvalue weighted by Gasteiger charge is -2.24. The highest BCUT2D eigenvalue weighted by atomic mass is 16.5. The van der Waals surface area contributed by atoms with E-state index in [1.54, 1.807) is 0 Å². The summed E-state index contributed by atoms with van der Waals surface area (Å²) in [6, 6.07) is -0.689. The molecule has 3 N–H and O–H groups in total. The van der Waals surface area contributed by atoms with Crippen LogP contribution >= 0.6 is 0 Å². The Morgan fingerprint density at radius 1 is 0.490 bits per heavy atom. The Bertz CT molecular complexity index is 731. The molecule has 0 rings (SSSR count). The Hall–Kier alpha value is -1.14. The maximum Gasteiger partial charge on any atom is 0.306 e. The summed E-state index contributed by atoms with van der Waals surface area (Å²) in [5.74, 6) is -0.463. The van der Waals surface area contributed by atoms with Crippen molar-refractivity contribution in [3.05, 3.63) is 0 Å². The van der Waals surface area contributed by atoms with Crippen LogP contribution in [-0.4, -0.2) is 46.9 Å². The van der Waals surface area contributed by atoms with Gasteiger partial charge in [0.05, 0.1) is 25.2 Å². The molecule has 3 atom stereocenters. The van der Waals surface area contributed by atoms with E-state index in [9.17, 15) is 19.8 Å². The van der Waals surface area contributed by atoms with E-state index in [0.717, 1.165) is 44.9 Å². The number of carbonyl (C=O) groups excluding carboxylic acids is 2. The van der Waals surface area contributed by atoms with Crippen molar-refractivity contribution in [2.75, 3.05) is 6.61 Å². The first-order valence-corrected chi connectivity index (χ1v) is 22.8. The van der Waals surface area contributed by atoms with Gasteiger partial charge < -0.3 is 20.3 Å².